The number of hydrogen-bond donors (Lipinski definition) is 1. The molecule has 0 aromatic carbocycles. The molecule has 0 radical (unpaired) electrons. The molecule has 0 aliphatic carbocycles. The van der Waals surface area contributed by atoms with Crippen molar-refractivity contribution in [1.82, 2.24) is 9.80 Å². The van der Waals surface area contributed by atoms with Gasteiger partial charge in [-0.3, -0.25) is 4.79 Å². The Morgan fingerprint density at radius 2 is 2.00 bits per heavy atom. The second-order valence-electron chi connectivity index (χ2n) is 5.34. The molecular formula is C13H26N2O2. The van der Waals surface area contributed by atoms with E-state index in [1.165, 1.54) is 25.9 Å². The quantitative estimate of drug-likeness (QED) is 0.769. The van der Waals surface area contributed by atoms with Gasteiger partial charge in [0.25, 0.3) is 0 Å². The third-order valence-electron chi connectivity index (χ3n) is 3.75. The minimum absolute atomic E-state index is 0.287. The number of rotatable bonds is 6. The van der Waals surface area contributed by atoms with E-state index in [1.54, 1.807) is 0 Å². The summed E-state index contributed by atoms with van der Waals surface area (Å²) >= 11 is 0. The van der Waals surface area contributed by atoms with Crippen LogP contribution in [0.1, 0.15) is 39.5 Å². The molecule has 0 unspecified atom stereocenters. The summed E-state index contributed by atoms with van der Waals surface area (Å²) in [7, 11) is 2.12. The molecule has 0 atom stereocenters. The van der Waals surface area contributed by atoms with Gasteiger partial charge in [-0.25, -0.2) is 0 Å². The van der Waals surface area contributed by atoms with Gasteiger partial charge in [0.2, 0.25) is 0 Å². The lowest BCUT2D eigenvalue weighted by molar-refractivity contribution is -0.137. The van der Waals surface area contributed by atoms with Crippen LogP contribution in [0.25, 0.3) is 0 Å². The number of piperidine rings is 1. The Balaban J connectivity index is 2.21. The molecule has 0 aromatic heterocycles. The first-order valence-electron chi connectivity index (χ1n) is 6.66. The average Bonchev–Trinajstić information content (AvgIpc) is 2.28. The Kier molecular flexibility index (Phi) is 5.92. The second-order valence-corrected chi connectivity index (χ2v) is 5.34. The van der Waals surface area contributed by atoms with Crippen LogP contribution in [0.2, 0.25) is 0 Å². The lowest BCUT2D eigenvalue weighted by Crippen LogP contribution is -2.45. The van der Waals surface area contributed by atoms with Crippen LogP contribution in [0.15, 0.2) is 0 Å². The third-order valence-corrected chi connectivity index (χ3v) is 3.75. The molecule has 0 saturated carbocycles. The Morgan fingerprint density at radius 1 is 1.41 bits per heavy atom. The SMILES string of the molecule is CC(C)N1CCC(N(C)CCCC(=O)O)CC1. The first-order valence-corrected chi connectivity index (χ1v) is 6.66. The van der Waals surface area contributed by atoms with Gasteiger partial charge in [-0.2, -0.15) is 0 Å². The maximum absolute atomic E-state index is 10.4. The summed E-state index contributed by atoms with van der Waals surface area (Å²) in [5.74, 6) is -0.687. The standard InChI is InChI=1S/C13H26N2O2/c1-11(2)15-9-6-12(7-10-15)14(3)8-4-5-13(16)17/h11-12H,4-10H2,1-3H3,(H,16,17). The Bertz CT molecular complexity index is 236. The molecule has 100 valence electrons. The molecule has 1 saturated heterocycles. The smallest absolute Gasteiger partial charge is 0.303 e. The van der Waals surface area contributed by atoms with E-state index in [9.17, 15) is 4.79 Å². The van der Waals surface area contributed by atoms with E-state index < -0.39 is 5.97 Å². The highest BCUT2D eigenvalue weighted by Gasteiger charge is 2.23. The van der Waals surface area contributed by atoms with Gasteiger partial charge in [0, 0.05) is 18.5 Å². The van der Waals surface area contributed by atoms with E-state index in [-0.39, 0.29) is 6.42 Å². The first-order chi connectivity index (χ1) is 8.00. The fourth-order valence-corrected chi connectivity index (χ4v) is 2.51. The highest BCUT2D eigenvalue weighted by molar-refractivity contribution is 5.66. The molecule has 0 amide bonds. The van der Waals surface area contributed by atoms with E-state index in [2.05, 4.69) is 30.7 Å². The normalized spacial score (nSPS) is 19.1. The fourth-order valence-electron chi connectivity index (χ4n) is 2.51. The Labute approximate surface area is 105 Å². The molecule has 17 heavy (non-hydrogen) atoms. The lowest BCUT2D eigenvalue weighted by Gasteiger charge is -2.38. The minimum atomic E-state index is -0.687. The van der Waals surface area contributed by atoms with E-state index in [4.69, 9.17) is 5.11 Å². The average molecular weight is 242 g/mol. The monoisotopic (exact) mass is 242 g/mol. The topological polar surface area (TPSA) is 43.8 Å². The van der Waals surface area contributed by atoms with E-state index in [1.807, 2.05) is 0 Å². The second kappa shape index (κ2) is 6.97. The van der Waals surface area contributed by atoms with Gasteiger partial charge in [-0.05, 0) is 59.8 Å². The molecule has 1 aliphatic heterocycles. The van der Waals surface area contributed by atoms with Crippen LogP contribution in [0.4, 0.5) is 0 Å². The molecule has 1 N–H and O–H groups in total. The van der Waals surface area contributed by atoms with Crippen molar-refractivity contribution >= 4 is 5.97 Å². The van der Waals surface area contributed by atoms with Gasteiger partial charge in [0.15, 0.2) is 0 Å². The molecule has 1 fully saturated rings. The van der Waals surface area contributed by atoms with Gasteiger partial charge in [0.05, 0.1) is 0 Å². The van der Waals surface area contributed by atoms with Crippen molar-refractivity contribution in [2.24, 2.45) is 0 Å². The highest BCUT2D eigenvalue weighted by atomic mass is 16.4. The van der Waals surface area contributed by atoms with Crippen molar-refractivity contribution < 1.29 is 9.90 Å². The summed E-state index contributed by atoms with van der Waals surface area (Å²) in [6.45, 7) is 7.74. The zero-order chi connectivity index (χ0) is 12.8. The summed E-state index contributed by atoms with van der Waals surface area (Å²) in [6.07, 6.45) is 3.47. The van der Waals surface area contributed by atoms with Gasteiger partial charge in [-0.1, -0.05) is 0 Å². The van der Waals surface area contributed by atoms with Crippen molar-refractivity contribution in [3.8, 4) is 0 Å². The van der Waals surface area contributed by atoms with Gasteiger partial charge >= 0.3 is 5.97 Å². The zero-order valence-electron chi connectivity index (χ0n) is 11.4. The highest BCUT2D eigenvalue weighted by Crippen LogP contribution is 2.17. The predicted molar refractivity (Wildman–Crippen MR) is 69.2 cm³/mol. The van der Waals surface area contributed by atoms with E-state index in [0.29, 0.717) is 12.1 Å². The molecule has 1 heterocycles. The van der Waals surface area contributed by atoms with Crippen LogP contribution in [0.3, 0.4) is 0 Å². The van der Waals surface area contributed by atoms with Crippen molar-refractivity contribution in [2.45, 2.75) is 51.6 Å². The molecule has 1 rings (SSSR count). The van der Waals surface area contributed by atoms with E-state index >= 15 is 0 Å². The predicted octanol–water partition coefficient (Wildman–Crippen LogP) is 1.66. The van der Waals surface area contributed by atoms with E-state index in [0.717, 1.165) is 13.0 Å². The number of carboxylic acids is 1. The van der Waals surface area contributed by atoms with Crippen molar-refractivity contribution in [2.75, 3.05) is 26.7 Å². The van der Waals surface area contributed by atoms with Crippen LogP contribution >= 0.6 is 0 Å². The van der Waals surface area contributed by atoms with Crippen molar-refractivity contribution in [3.05, 3.63) is 0 Å². The molecule has 1 aliphatic rings. The van der Waals surface area contributed by atoms with Crippen LogP contribution in [-0.4, -0.2) is 59.6 Å². The zero-order valence-corrected chi connectivity index (χ0v) is 11.4. The molecular weight excluding hydrogens is 216 g/mol. The number of carboxylic acid groups (broad SMARTS) is 1. The largest absolute Gasteiger partial charge is 0.481 e. The molecule has 0 aromatic rings. The number of nitrogens with zero attached hydrogens (tertiary/aromatic N) is 2. The maximum atomic E-state index is 10.4. The van der Waals surface area contributed by atoms with Crippen LogP contribution < -0.4 is 0 Å². The molecule has 0 bridgehead atoms. The molecule has 4 heteroatoms. The molecule has 4 nitrogen and oxygen atoms in total. The van der Waals surface area contributed by atoms with Gasteiger partial charge < -0.3 is 14.9 Å². The summed E-state index contributed by atoms with van der Waals surface area (Å²) in [5, 5.41) is 8.61. The Morgan fingerprint density at radius 3 is 2.47 bits per heavy atom. The van der Waals surface area contributed by atoms with Crippen LogP contribution in [0.5, 0.6) is 0 Å². The number of hydrogen-bond acceptors (Lipinski definition) is 3. The maximum Gasteiger partial charge on any atom is 0.303 e. The fraction of sp³-hybridized carbons (Fsp3) is 0.923. The van der Waals surface area contributed by atoms with Gasteiger partial charge in [-0.15, -0.1) is 0 Å². The number of aliphatic carboxylic acids is 1. The summed E-state index contributed by atoms with van der Waals surface area (Å²) in [4.78, 5) is 15.3. The third kappa shape index (κ3) is 5.04. The summed E-state index contributed by atoms with van der Waals surface area (Å²) in [5.41, 5.74) is 0. The van der Waals surface area contributed by atoms with Crippen molar-refractivity contribution in [3.63, 3.8) is 0 Å². The van der Waals surface area contributed by atoms with Crippen molar-refractivity contribution in [1.29, 1.82) is 0 Å². The number of carbonyl (C=O) groups is 1. The lowest BCUT2D eigenvalue weighted by atomic mass is 10.0. The molecule has 0 spiro atoms. The Hall–Kier alpha value is -0.610. The minimum Gasteiger partial charge on any atom is -0.481 e. The first kappa shape index (κ1) is 14.5. The summed E-state index contributed by atoms with van der Waals surface area (Å²) in [6, 6.07) is 1.28. The van der Waals surface area contributed by atoms with Gasteiger partial charge in [0.1, 0.15) is 0 Å². The number of likely N-dealkylation sites (tertiary alicyclic amines) is 1. The van der Waals surface area contributed by atoms with Crippen LogP contribution in [-0.2, 0) is 4.79 Å². The summed E-state index contributed by atoms with van der Waals surface area (Å²) < 4.78 is 0. The van der Waals surface area contributed by atoms with Crippen LogP contribution in [0, 0.1) is 0 Å².